The van der Waals surface area contributed by atoms with Gasteiger partial charge in [0.25, 0.3) is 0 Å². The van der Waals surface area contributed by atoms with Crippen LogP contribution in [-0.4, -0.2) is 38.8 Å². The van der Waals surface area contributed by atoms with E-state index in [-0.39, 0.29) is 0 Å². The van der Waals surface area contributed by atoms with Crippen molar-refractivity contribution in [3.8, 4) is 0 Å². The summed E-state index contributed by atoms with van der Waals surface area (Å²) in [5.41, 5.74) is -0.402. The number of rotatable bonds is 10. The molecule has 0 aliphatic rings. The summed E-state index contributed by atoms with van der Waals surface area (Å²) in [6.07, 6.45) is 1.23. The third-order valence-electron chi connectivity index (χ3n) is 2.11. The van der Waals surface area contributed by atoms with Gasteiger partial charge in [-0.25, -0.2) is 0 Å². The van der Waals surface area contributed by atoms with Crippen LogP contribution in [0.2, 0.25) is 0 Å². The van der Waals surface area contributed by atoms with Gasteiger partial charge in [-0.05, 0) is 13.8 Å². The van der Waals surface area contributed by atoms with Gasteiger partial charge in [0.1, 0.15) is 6.29 Å². The Hall–Kier alpha value is -0.220. The zero-order valence-corrected chi connectivity index (χ0v) is 12.1. The zero-order chi connectivity index (χ0) is 13.4. The molecule has 0 aromatic carbocycles. The van der Waals surface area contributed by atoms with E-state index in [4.69, 9.17) is 9.05 Å². The molecule has 0 heterocycles. The standard InChI is InChI=1S/C11H24NO4P/c1-5-15-17(14,16-6-2)8-7-12-9-11(3,4)10-13/h10,12H,5-9H2,1-4H3. The van der Waals surface area contributed by atoms with E-state index in [0.29, 0.717) is 32.5 Å². The summed E-state index contributed by atoms with van der Waals surface area (Å²) in [6, 6.07) is 0. The van der Waals surface area contributed by atoms with E-state index in [1.807, 2.05) is 13.8 Å². The fraction of sp³-hybridized carbons (Fsp3) is 0.909. The molecule has 0 saturated heterocycles. The predicted molar refractivity (Wildman–Crippen MR) is 68.4 cm³/mol. The summed E-state index contributed by atoms with van der Waals surface area (Å²) < 4.78 is 22.4. The zero-order valence-electron chi connectivity index (χ0n) is 11.2. The second kappa shape index (κ2) is 7.98. The van der Waals surface area contributed by atoms with Gasteiger partial charge in [-0.3, -0.25) is 4.57 Å². The predicted octanol–water partition coefficient (Wildman–Crippen LogP) is 2.07. The normalized spacial score (nSPS) is 12.7. The molecule has 6 heteroatoms. The van der Waals surface area contributed by atoms with Crippen LogP contribution in [0.25, 0.3) is 0 Å². The SMILES string of the molecule is CCOP(=O)(CCNCC(C)(C)C=O)OCC. The fourth-order valence-corrected chi connectivity index (χ4v) is 2.78. The summed E-state index contributed by atoms with van der Waals surface area (Å²) in [7, 11) is -2.96. The molecule has 102 valence electrons. The van der Waals surface area contributed by atoms with Gasteiger partial charge in [0.15, 0.2) is 0 Å². The molecule has 0 rings (SSSR count). The van der Waals surface area contributed by atoms with E-state index in [0.717, 1.165) is 6.29 Å². The molecule has 0 amide bonds. The van der Waals surface area contributed by atoms with Crippen molar-refractivity contribution < 1.29 is 18.4 Å². The number of carbonyl (C=O) groups excluding carboxylic acids is 1. The van der Waals surface area contributed by atoms with Crippen molar-refractivity contribution in [2.75, 3.05) is 32.5 Å². The Labute approximate surface area is 104 Å². The Balaban J connectivity index is 3.99. The highest BCUT2D eigenvalue weighted by Crippen LogP contribution is 2.47. The molecule has 0 radical (unpaired) electrons. The Morgan fingerprint density at radius 3 is 2.18 bits per heavy atom. The van der Waals surface area contributed by atoms with Crippen molar-refractivity contribution in [2.45, 2.75) is 27.7 Å². The summed E-state index contributed by atoms with van der Waals surface area (Å²) in [6.45, 7) is 9.07. The van der Waals surface area contributed by atoms with Gasteiger partial charge in [0.2, 0.25) is 0 Å². The summed E-state index contributed by atoms with van der Waals surface area (Å²) in [5, 5.41) is 3.09. The smallest absolute Gasteiger partial charge is 0.315 e. The van der Waals surface area contributed by atoms with Gasteiger partial charge < -0.3 is 19.2 Å². The quantitative estimate of drug-likeness (QED) is 0.372. The highest BCUT2D eigenvalue weighted by atomic mass is 31.2. The van der Waals surface area contributed by atoms with Gasteiger partial charge in [0, 0.05) is 18.5 Å². The van der Waals surface area contributed by atoms with Crippen molar-refractivity contribution in [3.63, 3.8) is 0 Å². The second-order valence-corrected chi connectivity index (χ2v) is 6.64. The Kier molecular flexibility index (Phi) is 7.88. The summed E-state index contributed by atoms with van der Waals surface area (Å²) in [4.78, 5) is 10.7. The number of aldehydes is 1. The first-order valence-electron chi connectivity index (χ1n) is 5.94. The highest BCUT2D eigenvalue weighted by Gasteiger charge is 2.23. The van der Waals surface area contributed by atoms with Crippen molar-refractivity contribution >= 4 is 13.9 Å². The van der Waals surface area contributed by atoms with E-state index in [9.17, 15) is 9.36 Å². The van der Waals surface area contributed by atoms with Crippen LogP contribution >= 0.6 is 7.60 Å². The van der Waals surface area contributed by atoms with E-state index in [1.54, 1.807) is 13.8 Å². The average Bonchev–Trinajstić information content (AvgIpc) is 2.25. The first-order chi connectivity index (χ1) is 7.89. The maximum atomic E-state index is 12.1. The van der Waals surface area contributed by atoms with Crippen LogP contribution in [0.1, 0.15) is 27.7 Å². The molecule has 0 aromatic heterocycles. The van der Waals surface area contributed by atoms with Crippen molar-refractivity contribution in [2.24, 2.45) is 5.41 Å². The topological polar surface area (TPSA) is 64.6 Å². The van der Waals surface area contributed by atoms with Crippen LogP contribution in [0.3, 0.4) is 0 Å². The minimum atomic E-state index is -2.96. The van der Waals surface area contributed by atoms with Crippen molar-refractivity contribution in [1.82, 2.24) is 5.32 Å². The van der Waals surface area contributed by atoms with Gasteiger partial charge in [-0.2, -0.15) is 0 Å². The minimum Gasteiger partial charge on any atom is -0.315 e. The minimum absolute atomic E-state index is 0.323. The molecule has 0 aliphatic heterocycles. The second-order valence-electron chi connectivity index (χ2n) is 4.45. The molecule has 1 N–H and O–H groups in total. The first kappa shape index (κ1) is 16.8. The molecule has 0 aliphatic carbocycles. The molecule has 0 spiro atoms. The van der Waals surface area contributed by atoms with Crippen molar-refractivity contribution in [3.05, 3.63) is 0 Å². The van der Waals surface area contributed by atoms with Gasteiger partial charge >= 0.3 is 7.60 Å². The lowest BCUT2D eigenvalue weighted by molar-refractivity contribution is -0.114. The molecule has 17 heavy (non-hydrogen) atoms. The largest absolute Gasteiger partial charge is 0.331 e. The lowest BCUT2D eigenvalue weighted by atomic mass is 9.96. The summed E-state index contributed by atoms with van der Waals surface area (Å²) in [5.74, 6) is 0. The van der Waals surface area contributed by atoms with Gasteiger partial charge in [-0.15, -0.1) is 0 Å². The van der Waals surface area contributed by atoms with Crippen LogP contribution in [0, 0.1) is 5.41 Å². The third-order valence-corrected chi connectivity index (χ3v) is 4.19. The molecule has 0 saturated carbocycles. The third kappa shape index (κ3) is 7.66. The number of nitrogens with one attached hydrogen (secondary N) is 1. The monoisotopic (exact) mass is 265 g/mol. The Morgan fingerprint density at radius 1 is 1.24 bits per heavy atom. The number of carbonyl (C=O) groups is 1. The molecule has 0 unspecified atom stereocenters. The van der Waals surface area contributed by atoms with Crippen LogP contribution < -0.4 is 5.32 Å². The maximum Gasteiger partial charge on any atom is 0.331 e. The molecule has 0 bridgehead atoms. The lowest BCUT2D eigenvalue weighted by Crippen LogP contribution is -2.32. The first-order valence-corrected chi connectivity index (χ1v) is 7.67. The average molecular weight is 265 g/mol. The number of hydrogen-bond acceptors (Lipinski definition) is 5. The van der Waals surface area contributed by atoms with Gasteiger partial charge in [-0.1, -0.05) is 13.8 Å². The maximum absolute atomic E-state index is 12.1. The van der Waals surface area contributed by atoms with Crippen LogP contribution in [0.15, 0.2) is 0 Å². The summed E-state index contributed by atoms with van der Waals surface area (Å²) >= 11 is 0. The van der Waals surface area contributed by atoms with Crippen LogP contribution in [0.4, 0.5) is 0 Å². The molecule has 0 fully saturated rings. The lowest BCUT2D eigenvalue weighted by Gasteiger charge is -2.20. The van der Waals surface area contributed by atoms with E-state index < -0.39 is 13.0 Å². The van der Waals surface area contributed by atoms with E-state index in [2.05, 4.69) is 5.32 Å². The Morgan fingerprint density at radius 2 is 1.76 bits per heavy atom. The molecular formula is C11H24NO4P. The van der Waals surface area contributed by atoms with Gasteiger partial charge in [0.05, 0.1) is 19.4 Å². The molecule has 0 atom stereocenters. The molecule has 0 aromatic rings. The van der Waals surface area contributed by atoms with E-state index >= 15 is 0 Å². The van der Waals surface area contributed by atoms with Crippen LogP contribution in [-0.2, 0) is 18.4 Å². The Bertz CT molecular complexity index is 258. The fourth-order valence-electron chi connectivity index (χ4n) is 1.23. The molecular weight excluding hydrogens is 241 g/mol. The molecule has 5 nitrogen and oxygen atoms in total. The van der Waals surface area contributed by atoms with Crippen molar-refractivity contribution in [1.29, 1.82) is 0 Å². The number of hydrogen-bond donors (Lipinski definition) is 1. The van der Waals surface area contributed by atoms with E-state index in [1.165, 1.54) is 0 Å². The van der Waals surface area contributed by atoms with Crippen LogP contribution in [0.5, 0.6) is 0 Å². The highest BCUT2D eigenvalue weighted by molar-refractivity contribution is 7.53.